The minimum absolute atomic E-state index is 0.0679. The van der Waals surface area contributed by atoms with Gasteiger partial charge in [0.25, 0.3) is 0 Å². The Balaban J connectivity index is 2.66. The fourth-order valence-corrected chi connectivity index (χ4v) is 2.07. The van der Waals surface area contributed by atoms with Crippen molar-refractivity contribution in [3.8, 4) is 0 Å². The molecule has 6 heteroatoms. The van der Waals surface area contributed by atoms with E-state index < -0.39 is 23.2 Å². The SMILES string of the molecule is Fc1ccc(C(Br)CCC(F)(F)F)cc1Br. The zero-order valence-corrected chi connectivity index (χ0v) is 11.2. The first-order valence-corrected chi connectivity index (χ1v) is 6.16. The minimum Gasteiger partial charge on any atom is -0.206 e. The third-order valence-corrected chi connectivity index (χ3v) is 3.58. The van der Waals surface area contributed by atoms with Gasteiger partial charge >= 0.3 is 6.18 Å². The van der Waals surface area contributed by atoms with Gasteiger partial charge in [0, 0.05) is 11.2 Å². The molecule has 1 atom stereocenters. The van der Waals surface area contributed by atoms with E-state index in [4.69, 9.17) is 0 Å². The summed E-state index contributed by atoms with van der Waals surface area (Å²) in [5, 5.41) is 0. The van der Waals surface area contributed by atoms with Gasteiger partial charge in [0.05, 0.1) is 4.47 Å². The lowest BCUT2D eigenvalue weighted by molar-refractivity contribution is -0.135. The second-order valence-electron chi connectivity index (χ2n) is 3.29. The van der Waals surface area contributed by atoms with Crippen LogP contribution in [0.4, 0.5) is 17.6 Å². The average Bonchev–Trinajstić information content (AvgIpc) is 2.17. The van der Waals surface area contributed by atoms with Crippen molar-refractivity contribution < 1.29 is 17.6 Å². The number of hydrogen-bond acceptors (Lipinski definition) is 0. The number of benzene rings is 1. The number of alkyl halides is 4. The highest BCUT2D eigenvalue weighted by molar-refractivity contribution is 9.10. The summed E-state index contributed by atoms with van der Waals surface area (Å²) in [6.07, 6.45) is -5.09. The van der Waals surface area contributed by atoms with Crippen LogP contribution in [-0.4, -0.2) is 6.18 Å². The van der Waals surface area contributed by atoms with Gasteiger partial charge in [-0.15, -0.1) is 0 Å². The van der Waals surface area contributed by atoms with E-state index in [1.165, 1.54) is 18.2 Å². The molecule has 0 aliphatic carbocycles. The molecule has 0 aliphatic heterocycles. The van der Waals surface area contributed by atoms with E-state index in [9.17, 15) is 17.6 Å². The van der Waals surface area contributed by atoms with Crippen molar-refractivity contribution in [1.29, 1.82) is 0 Å². The zero-order chi connectivity index (χ0) is 12.3. The summed E-state index contributed by atoms with van der Waals surface area (Å²) in [6.45, 7) is 0. The molecule has 0 N–H and O–H groups in total. The molecule has 0 saturated carbocycles. The van der Waals surface area contributed by atoms with Gasteiger partial charge in [-0.1, -0.05) is 22.0 Å². The van der Waals surface area contributed by atoms with Crippen LogP contribution in [0, 0.1) is 5.82 Å². The van der Waals surface area contributed by atoms with E-state index in [2.05, 4.69) is 31.9 Å². The van der Waals surface area contributed by atoms with Gasteiger partial charge in [0.2, 0.25) is 0 Å². The van der Waals surface area contributed by atoms with E-state index in [1.807, 2.05) is 0 Å². The molecule has 1 aromatic carbocycles. The van der Waals surface area contributed by atoms with Crippen LogP contribution in [0.2, 0.25) is 0 Å². The van der Waals surface area contributed by atoms with Crippen LogP contribution in [0.1, 0.15) is 23.2 Å². The number of hydrogen-bond donors (Lipinski definition) is 0. The first-order valence-electron chi connectivity index (χ1n) is 4.45. The molecule has 1 rings (SSSR count). The lowest BCUT2D eigenvalue weighted by Crippen LogP contribution is -2.08. The second-order valence-corrected chi connectivity index (χ2v) is 5.25. The molecule has 16 heavy (non-hydrogen) atoms. The molecule has 1 unspecified atom stereocenters. The molecule has 0 aromatic heterocycles. The smallest absolute Gasteiger partial charge is 0.206 e. The summed E-state index contributed by atoms with van der Waals surface area (Å²) in [7, 11) is 0. The van der Waals surface area contributed by atoms with Gasteiger partial charge in [0.1, 0.15) is 5.82 Å². The summed E-state index contributed by atoms with van der Waals surface area (Å²) in [4.78, 5) is -0.425. The van der Waals surface area contributed by atoms with E-state index in [-0.39, 0.29) is 10.9 Å². The highest BCUT2D eigenvalue weighted by atomic mass is 79.9. The Bertz CT molecular complexity index is 362. The standard InChI is InChI=1S/C10H8Br2F4/c11-7(3-4-10(14,15)16)6-1-2-9(13)8(12)5-6/h1-2,5,7H,3-4H2. The van der Waals surface area contributed by atoms with E-state index in [1.54, 1.807) is 0 Å². The molecule has 0 aliphatic rings. The van der Waals surface area contributed by atoms with Crippen LogP contribution >= 0.6 is 31.9 Å². The van der Waals surface area contributed by atoms with Crippen molar-refractivity contribution in [3.05, 3.63) is 34.1 Å². The third-order valence-electron chi connectivity index (χ3n) is 1.99. The Labute approximate surface area is 107 Å². The van der Waals surface area contributed by atoms with Crippen molar-refractivity contribution >= 4 is 31.9 Å². The highest BCUT2D eigenvalue weighted by Crippen LogP contribution is 2.34. The van der Waals surface area contributed by atoms with Gasteiger partial charge in [0.15, 0.2) is 0 Å². The first-order chi connectivity index (χ1) is 7.29. The van der Waals surface area contributed by atoms with Crippen LogP contribution in [0.25, 0.3) is 0 Å². The normalized spacial score (nSPS) is 13.9. The molecule has 1 aromatic rings. The summed E-state index contributed by atoms with van der Waals surface area (Å²) in [5.74, 6) is -0.431. The lowest BCUT2D eigenvalue weighted by atomic mass is 10.1. The average molecular weight is 364 g/mol. The Morgan fingerprint density at radius 3 is 2.38 bits per heavy atom. The Morgan fingerprint density at radius 1 is 1.25 bits per heavy atom. The van der Waals surface area contributed by atoms with Gasteiger partial charge in [-0.2, -0.15) is 13.2 Å². The first kappa shape index (κ1) is 14.0. The minimum atomic E-state index is -4.16. The van der Waals surface area contributed by atoms with Crippen LogP contribution in [0.5, 0.6) is 0 Å². The van der Waals surface area contributed by atoms with Crippen molar-refractivity contribution in [2.24, 2.45) is 0 Å². The molecule has 0 fully saturated rings. The van der Waals surface area contributed by atoms with E-state index >= 15 is 0 Å². The quantitative estimate of drug-likeness (QED) is 0.500. The van der Waals surface area contributed by atoms with Gasteiger partial charge in [-0.05, 0) is 40.0 Å². The predicted molar refractivity (Wildman–Crippen MR) is 61.1 cm³/mol. The predicted octanol–water partition coefficient (Wildman–Crippen LogP) is 5.37. The lowest BCUT2D eigenvalue weighted by Gasteiger charge is -2.12. The maximum atomic E-state index is 12.9. The van der Waals surface area contributed by atoms with Crippen LogP contribution < -0.4 is 0 Å². The van der Waals surface area contributed by atoms with Crippen LogP contribution in [0.15, 0.2) is 22.7 Å². The third kappa shape index (κ3) is 4.41. The van der Waals surface area contributed by atoms with Gasteiger partial charge in [-0.25, -0.2) is 4.39 Å². The molecule has 0 spiro atoms. The van der Waals surface area contributed by atoms with Crippen molar-refractivity contribution in [1.82, 2.24) is 0 Å². The topological polar surface area (TPSA) is 0 Å². The Kier molecular flexibility index (Phi) is 4.79. The maximum absolute atomic E-state index is 12.9. The second kappa shape index (κ2) is 5.49. The molecule has 90 valence electrons. The fraction of sp³-hybridized carbons (Fsp3) is 0.400. The van der Waals surface area contributed by atoms with Crippen LogP contribution in [0.3, 0.4) is 0 Å². The molecule has 0 nitrogen and oxygen atoms in total. The Morgan fingerprint density at radius 2 is 1.88 bits per heavy atom. The zero-order valence-electron chi connectivity index (χ0n) is 7.99. The molecule has 0 amide bonds. The molecular weight excluding hydrogens is 356 g/mol. The summed E-state index contributed by atoms with van der Waals surface area (Å²) in [5.41, 5.74) is 0.623. The Hall–Kier alpha value is -0.100. The number of rotatable bonds is 3. The van der Waals surface area contributed by atoms with Gasteiger partial charge in [-0.3, -0.25) is 0 Å². The molecule has 0 saturated heterocycles. The fourth-order valence-electron chi connectivity index (χ4n) is 1.16. The number of halogens is 6. The highest BCUT2D eigenvalue weighted by Gasteiger charge is 2.28. The van der Waals surface area contributed by atoms with Crippen LogP contribution in [-0.2, 0) is 0 Å². The molecular formula is C10H8Br2F4. The molecule has 0 bridgehead atoms. The summed E-state index contributed by atoms with van der Waals surface area (Å²) < 4.78 is 49.1. The molecule has 0 heterocycles. The summed E-state index contributed by atoms with van der Waals surface area (Å²) in [6, 6.07) is 4.17. The van der Waals surface area contributed by atoms with Crippen molar-refractivity contribution in [2.75, 3.05) is 0 Å². The van der Waals surface area contributed by atoms with E-state index in [0.717, 1.165) is 0 Å². The van der Waals surface area contributed by atoms with Crippen molar-refractivity contribution in [3.63, 3.8) is 0 Å². The van der Waals surface area contributed by atoms with E-state index in [0.29, 0.717) is 5.56 Å². The molecule has 0 radical (unpaired) electrons. The maximum Gasteiger partial charge on any atom is 0.389 e. The van der Waals surface area contributed by atoms with Crippen molar-refractivity contribution in [2.45, 2.75) is 23.8 Å². The monoisotopic (exact) mass is 362 g/mol. The summed E-state index contributed by atoms with van der Waals surface area (Å²) >= 11 is 6.14. The largest absolute Gasteiger partial charge is 0.389 e. The van der Waals surface area contributed by atoms with Gasteiger partial charge < -0.3 is 0 Å².